The highest BCUT2D eigenvalue weighted by molar-refractivity contribution is 6.01. The van der Waals surface area contributed by atoms with Crippen molar-refractivity contribution in [3.8, 4) is 11.4 Å². The fraction of sp³-hybridized carbons (Fsp3) is 0.387. The van der Waals surface area contributed by atoms with E-state index < -0.39 is 11.4 Å². The number of ether oxygens (including phenoxy) is 1. The van der Waals surface area contributed by atoms with Gasteiger partial charge in [-0.15, -0.1) is 15.0 Å². The number of fused-ring (bicyclic) bond motifs is 1. The Morgan fingerprint density at radius 1 is 0.946 bits per heavy atom. The average Bonchev–Trinajstić information content (AvgIpc) is 3.33. The molecule has 0 aliphatic heterocycles. The number of aromatic hydroxyl groups is 1. The van der Waals surface area contributed by atoms with E-state index in [9.17, 15) is 9.90 Å². The normalized spacial score (nSPS) is 12.2. The maximum atomic E-state index is 12.3. The van der Waals surface area contributed by atoms with Crippen LogP contribution < -0.4 is 0 Å². The summed E-state index contributed by atoms with van der Waals surface area (Å²) < 4.78 is 4.94. The molecule has 0 saturated heterocycles. The van der Waals surface area contributed by atoms with Crippen LogP contribution in [0, 0.1) is 0 Å². The highest BCUT2D eigenvalue weighted by Gasteiger charge is 2.32. The number of methoxy groups -OCH3 is 1. The molecule has 0 unspecified atom stereocenters. The first kappa shape index (κ1) is 26.4. The minimum absolute atomic E-state index is 0.122. The molecular weight excluding hydrogens is 462 g/mol. The number of nitrogens with zero attached hydrogens (tertiary/aromatic N) is 3. The molecule has 1 N–H and O–H groups in total. The number of esters is 1. The highest BCUT2D eigenvalue weighted by atomic mass is 16.5. The number of hydrogen-bond donors (Lipinski definition) is 1. The van der Waals surface area contributed by atoms with Gasteiger partial charge < -0.3 is 9.84 Å². The molecule has 37 heavy (non-hydrogen) atoms. The van der Waals surface area contributed by atoms with Crippen LogP contribution in [-0.4, -0.2) is 33.2 Å². The number of benzene rings is 3. The second-order valence-corrected chi connectivity index (χ2v) is 10.9. The second kappa shape index (κ2) is 10.4. The molecule has 4 aromatic rings. The van der Waals surface area contributed by atoms with Crippen molar-refractivity contribution < 1.29 is 14.6 Å². The number of phenols is 1. The van der Waals surface area contributed by atoms with E-state index in [0.29, 0.717) is 22.3 Å². The molecule has 0 aliphatic rings. The third kappa shape index (κ3) is 5.10. The number of rotatable bonds is 9. The van der Waals surface area contributed by atoms with Gasteiger partial charge in [-0.1, -0.05) is 96.3 Å². The van der Waals surface area contributed by atoms with Crippen LogP contribution in [0.2, 0.25) is 0 Å². The van der Waals surface area contributed by atoms with Crippen LogP contribution in [0.3, 0.4) is 0 Å². The van der Waals surface area contributed by atoms with E-state index in [1.54, 1.807) is 18.2 Å². The zero-order valence-electron chi connectivity index (χ0n) is 22.7. The van der Waals surface area contributed by atoms with Gasteiger partial charge in [-0.3, -0.25) is 0 Å². The van der Waals surface area contributed by atoms with Gasteiger partial charge in [0.15, 0.2) is 0 Å². The molecule has 6 nitrogen and oxygen atoms in total. The Morgan fingerprint density at radius 2 is 1.68 bits per heavy atom. The fourth-order valence-corrected chi connectivity index (χ4v) is 4.93. The summed E-state index contributed by atoms with van der Waals surface area (Å²) in [7, 11) is 1.35. The smallest absolute Gasteiger partial charge is 0.340 e. The number of carbonyl (C=O) groups excluding carboxylic acids is 1. The topological polar surface area (TPSA) is 77.2 Å². The van der Waals surface area contributed by atoms with Gasteiger partial charge in [0.05, 0.1) is 12.7 Å². The zero-order valence-corrected chi connectivity index (χ0v) is 22.7. The van der Waals surface area contributed by atoms with Crippen LogP contribution >= 0.6 is 0 Å². The SMILES string of the molecule is CCCCCC(C)(C)c1cc(-n2nc3cccc(C(=O)OC)c3n2)c(O)c(C(C)(C)c2ccccc2)c1. The summed E-state index contributed by atoms with van der Waals surface area (Å²) in [5.74, 6) is -0.347. The monoisotopic (exact) mass is 499 g/mol. The molecule has 4 rings (SSSR count). The average molecular weight is 500 g/mol. The molecule has 0 radical (unpaired) electrons. The van der Waals surface area contributed by atoms with E-state index in [2.05, 4.69) is 63.0 Å². The highest BCUT2D eigenvalue weighted by Crippen LogP contribution is 2.43. The quantitative estimate of drug-likeness (QED) is 0.196. The Morgan fingerprint density at radius 3 is 2.35 bits per heavy atom. The van der Waals surface area contributed by atoms with Crippen LogP contribution in [0.15, 0.2) is 60.7 Å². The minimum atomic E-state index is -0.474. The molecule has 0 atom stereocenters. The van der Waals surface area contributed by atoms with Crippen molar-refractivity contribution in [1.29, 1.82) is 0 Å². The Bertz CT molecular complexity index is 1400. The van der Waals surface area contributed by atoms with Crippen LogP contribution in [0.4, 0.5) is 0 Å². The van der Waals surface area contributed by atoms with Crippen LogP contribution in [-0.2, 0) is 15.6 Å². The number of unbranched alkanes of at least 4 members (excludes halogenated alkanes) is 2. The zero-order chi connectivity index (χ0) is 26.8. The molecule has 1 aromatic heterocycles. The lowest BCUT2D eigenvalue weighted by Crippen LogP contribution is -2.23. The summed E-state index contributed by atoms with van der Waals surface area (Å²) >= 11 is 0. The lowest BCUT2D eigenvalue weighted by Gasteiger charge is -2.32. The molecule has 0 saturated carbocycles. The predicted molar refractivity (Wildman–Crippen MR) is 148 cm³/mol. The van der Waals surface area contributed by atoms with Gasteiger partial charge in [0.1, 0.15) is 22.5 Å². The molecule has 194 valence electrons. The third-order valence-electron chi connectivity index (χ3n) is 7.48. The van der Waals surface area contributed by atoms with Gasteiger partial charge in [0.25, 0.3) is 0 Å². The van der Waals surface area contributed by atoms with E-state index in [1.165, 1.54) is 18.3 Å². The van der Waals surface area contributed by atoms with E-state index in [0.717, 1.165) is 36.0 Å². The van der Waals surface area contributed by atoms with Crippen LogP contribution in [0.5, 0.6) is 5.75 Å². The first-order valence-electron chi connectivity index (χ1n) is 13.0. The van der Waals surface area contributed by atoms with Crippen molar-refractivity contribution in [2.45, 2.75) is 71.1 Å². The van der Waals surface area contributed by atoms with Crippen molar-refractivity contribution in [2.75, 3.05) is 7.11 Å². The van der Waals surface area contributed by atoms with Crippen molar-refractivity contribution in [1.82, 2.24) is 15.0 Å². The minimum Gasteiger partial charge on any atom is -0.505 e. The first-order valence-corrected chi connectivity index (χ1v) is 13.0. The molecule has 1 heterocycles. The maximum absolute atomic E-state index is 12.3. The van der Waals surface area contributed by atoms with Crippen molar-refractivity contribution in [2.24, 2.45) is 0 Å². The van der Waals surface area contributed by atoms with E-state index in [4.69, 9.17) is 4.74 Å². The van der Waals surface area contributed by atoms with Crippen LogP contribution in [0.25, 0.3) is 16.7 Å². The molecule has 0 spiro atoms. The summed E-state index contributed by atoms with van der Waals surface area (Å²) in [5.41, 5.74) is 4.25. The van der Waals surface area contributed by atoms with Crippen molar-refractivity contribution in [3.05, 3.63) is 82.9 Å². The van der Waals surface area contributed by atoms with Crippen molar-refractivity contribution >= 4 is 17.0 Å². The Kier molecular flexibility index (Phi) is 7.39. The lowest BCUT2D eigenvalue weighted by atomic mass is 9.73. The Labute approximate surface area is 219 Å². The Hall–Kier alpha value is -3.67. The van der Waals surface area contributed by atoms with Gasteiger partial charge in [-0.05, 0) is 41.2 Å². The molecule has 3 aromatic carbocycles. The van der Waals surface area contributed by atoms with E-state index >= 15 is 0 Å². The summed E-state index contributed by atoms with van der Waals surface area (Å²) in [6, 6.07) is 19.6. The maximum Gasteiger partial charge on any atom is 0.340 e. The molecule has 0 fully saturated rings. The number of aromatic nitrogens is 3. The van der Waals surface area contributed by atoms with Gasteiger partial charge in [-0.2, -0.15) is 0 Å². The number of carbonyl (C=O) groups is 1. The summed E-state index contributed by atoms with van der Waals surface area (Å²) in [6.45, 7) is 11.0. The second-order valence-electron chi connectivity index (χ2n) is 10.9. The molecule has 0 aliphatic carbocycles. The largest absolute Gasteiger partial charge is 0.505 e. The van der Waals surface area contributed by atoms with Gasteiger partial charge in [0, 0.05) is 11.0 Å². The molecule has 6 heteroatoms. The standard InChI is InChI=1S/C31H37N3O3/c1-7-8-12-18-30(2,3)22-19-24(31(4,5)21-14-10-9-11-15-21)28(35)26(20-22)34-32-25-17-13-16-23(27(25)33-34)29(36)37-6/h9-11,13-17,19-20,35H,7-8,12,18H2,1-6H3. The summed E-state index contributed by atoms with van der Waals surface area (Å²) in [4.78, 5) is 13.8. The summed E-state index contributed by atoms with van der Waals surface area (Å²) in [6.07, 6.45) is 4.50. The number of hydrogen-bond acceptors (Lipinski definition) is 5. The predicted octanol–water partition coefficient (Wildman–Crippen LogP) is 7.10. The van der Waals surface area contributed by atoms with Gasteiger partial charge in [-0.25, -0.2) is 4.79 Å². The summed E-state index contributed by atoms with van der Waals surface area (Å²) in [5, 5.41) is 21.0. The first-order chi connectivity index (χ1) is 17.6. The molecule has 0 bridgehead atoms. The number of phenolic OH excluding ortho intramolecular Hbond substituents is 1. The lowest BCUT2D eigenvalue weighted by molar-refractivity contribution is 0.0602. The van der Waals surface area contributed by atoms with Crippen LogP contribution in [0.1, 0.15) is 87.4 Å². The Balaban J connectivity index is 1.94. The van der Waals surface area contributed by atoms with E-state index in [-0.39, 0.29) is 11.2 Å². The fourth-order valence-electron chi connectivity index (χ4n) is 4.93. The van der Waals surface area contributed by atoms with E-state index in [1.807, 2.05) is 24.3 Å². The van der Waals surface area contributed by atoms with Gasteiger partial charge in [0.2, 0.25) is 0 Å². The van der Waals surface area contributed by atoms with Gasteiger partial charge >= 0.3 is 5.97 Å². The van der Waals surface area contributed by atoms with Crippen molar-refractivity contribution in [3.63, 3.8) is 0 Å². The molecule has 0 amide bonds. The molecular formula is C31H37N3O3. The third-order valence-corrected chi connectivity index (χ3v) is 7.48.